The molecule has 0 unspecified atom stereocenters. The van der Waals surface area contributed by atoms with Gasteiger partial charge in [-0.05, 0) is 49.4 Å². The summed E-state index contributed by atoms with van der Waals surface area (Å²) in [4.78, 5) is 14.6. The SMILES string of the molecule is Cn1nc(C(=O)O)cc1-c1ccc2[nH]c3c(c2c1)CCCC3. The number of fused-ring (bicyclic) bond motifs is 3. The Bertz CT molecular complexity index is 889. The molecule has 1 aliphatic carbocycles. The molecular formula is C17H17N3O2. The molecule has 0 fully saturated rings. The van der Waals surface area contributed by atoms with E-state index in [0.717, 1.165) is 29.6 Å². The van der Waals surface area contributed by atoms with Crippen LogP contribution in [0.2, 0.25) is 0 Å². The van der Waals surface area contributed by atoms with Crippen LogP contribution in [0.1, 0.15) is 34.6 Å². The zero-order valence-electron chi connectivity index (χ0n) is 12.4. The molecule has 1 aromatic carbocycles. The van der Waals surface area contributed by atoms with E-state index in [0.29, 0.717) is 0 Å². The molecule has 0 atom stereocenters. The van der Waals surface area contributed by atoms with Crippen LogP contribution in [-0.4, -0.2) is 25.8 Å². The highest BCUT2D eigenvalue weighted by Gasteiger charge is 2.17. The molecule has 0 spiro atoms. The lowest BCUT2D eigenvalue weighted by molar-refractivity contribution is 0.0689. The minimum absolute atomic E-state index is 0.0775. The van der Waals surface area contributed by atoms with Crippen molar-refractivity contribution in [3.05, 3.63) is 41.2 Å². The second kappa shape index (κ2) is 4.73. The molecule has 2 N–H and O–H groups in total. The normalized spacial score (nSPS) is 14.2. The first-order valence-corrected chi connectivity index (χ1v) is 7.54. The Morgan fingerprint density at radius 3 is 2.86 bits per heavy atom. The minimum Gasteiger partial charge on any atom is -0.476 e. The van der Waals surface area contributed by atoms with E-state index in [1.807, 2.05) is 6.07 Å². The van der Waals surface area contributed by atoms with Crippen molar-refractivity contribution < 1.29 is 9.90 Å². The highest BCUT2D eigenvalue weighted by molar-refractivity contribution is 5.90. The van der Waals surface area contributed by atoms with Crippen LogP contribution in [-0.2, 0) is 19.9 Å². The number of aromatic amines is 1. The molecule has 0 aliphatic heterocycles. The second-order valence-electron chi connectivity index (χ2n) is 5.89. The van der Waals surface area contributed by atoms with Crippen LogP contribution in [0.25, 0.3) is 22.2 Å². The van der Waals surface area contributed by atoms with Gasteiger partial charge in [0, 0.05) is 29.2 Å². The van der Waals surface area contributed by atoms with Crippen LogP contribution in [0, 0.1) is 0 Å². The maximum absolute atomic E-state index is 11.1. The summed E-state index contributed by atoms with van der Waals surface area (Å²) in [5.41, 5.74) is 5.84. The van der Waals surface area contributed by atoms with Gasteiger partial charge in [-0.1, -0.05) is 6.07 Å². The predicted molar refractivity (Wildman–Crippen MR) is 84.1 cm³/mol. The average Bonchev–Trinajstić information content (AvgIpc) is 3.07. The number of benzene rings is 1. The molecule has 5 nitrogen and oxygen atoms in total. The van der Waals surface area contributed by atoms with Crippen molar-refractivity contribution in [1.82, 2.24) is 14.8 Å². The lowest BCUT2D eigenvalue weighted by Gasteiger charge is -2.10. The molecule has 5 heteroatoms. The lowest BCUT2D eigenvalue weighted by atomic mass is 9.95. The third kappa shape index (κ3) is 1.93. The van der Waals surface area contributed by atoms with Crippen molar-refractivity contribution in [3.8, 4) is 11.3 Å². The van der Waals surface area contributed by atoms with Crippen molar-refractivity contribution in [2.75, 3.05) is 0 Å². The molecule has 0 bridgehead atoms. The number of aromatic carboxylic acids is 1. The average molecular weight is 295 g/mol. The van der Waals surface area contributed by atoms with E-state index in [-0.39, 0.29) is 5.69 Å². The fourth-order valence-electron chi connectivity index (χ4n) is 3.41. The van der Waals surface area contributed by atoms with Gasteiger partial charge in [0.25, 0.3) is 0 Å². The van der Waals surface area contributed by atoms with E-state index >= 15 is 0 Å². The van der Waals surface area contributed by atoms with Crippen molar-refractivity contribution in [1.29, 1.82) is 0 Å². The summed E-state index contributed by atoms with van der Waals surface area (Å²) >= 11 is 0. The number of hydrogen-bond acceptors (Lipinski definition) is 2. The Morgan fingerprint density at radius 2 is 2.09 bits per heavy atom. The first kappa shape index (κ1) is 13.1. The number of hydrogen-bond donors (Lipinski definition) is 2. The Hall–Kier alpha value is -2.56. The number of nitrogens with one attached hydrogen (secondary N) is 1. The maximum atomic E-state index is 11.1. The topological polar surface area (TPSA) is 70.9 Å². The largest absolute Gasteiger partial charge is 0.476 e. The molecule has 4 rings (SSSR count). The van der Waals surface area contributed by atoms with Gasteiger partial charge >= 0.3 is 5.97 Å². The Balaban J connectivity index is 1.87. The van der Waals surface area contributed by atoms with Crippen molar-refractivity contribution >= 4 is 16.9 Å². The third-order valence-electron chi connectivity index (χ3n) is 4.49. The summed E-state index contributed by atoms with van der Waals surface area (Å²) in [6.07, 6.45) is 4.72. The summed E-state index contributed by atoms with van der Waals surface area (Å²) in [6.45, 7) is 0. The standard InChI is InChI=1S/C17H17N3O2/c1-20-16(9-15(19-20)17(21)22)10-6-7-14-12(8-10)11-4-2-3-5-13(11)18-14/h6-9,18H,2-5H2,1H3,(H,21,22). The first-order chi connectivity index (χ1) is 10.6. The Morgan fingerprint density at radius 1 is 1.27 bits per heavy atom. The minimum atomic E-state index is -0.998. The van der Waals surface area contributed by atoms with Gasteiger partial charge in [0.2, 0.25) is 0 Å². The van der Waals surface area contributed by atoms with E-state index in [1.165, 1.54) is 29.5 Å². The maximum Gasteiger partial charge on any atom is 0.356 e. The number of carbonyl (C=O) groups is 1. The van der Waals surface area contributed by atoms with Crippen LogP contribution >= 0.6 is 0 Å². The quantitative estimate of drug-likeness (QED) is 0.763. The first-order valence-electron chi connectivity index (χ1n) is 7.54. The van der Waals surface area contributed by atoms with Gasteiger partial charge in [-0.15, -0.1) is 0 Å². The number of carboxylic acid groups (broad SMARTS) is 1. The van der Waals surface area contributed by atoms with Gasteiger partial charge < -0.3 is 10.1 Å². The Labute approximate surface area is 127 Å². The molecule has 0 amide bonds. The van der Waals surface area contributed by atoms with Crippen LogP contribution < -0.4 is 0 Å². The van der Waals surface area contributed by atoms with Gasteiger partial charge in [-0.3, -0.25) is 4.68 Å². The van der Waals surface area contributed by atoms with Gasteiger partial charge in [0.1, 0.15) is 0 Å². The number of rotatable bonds is 2. The highest BCUT2D eigenvalue weighted by atomic mass is 16.4. The molecule has 22 heavy (non-hydrogen) atoms. The molecule has 1 aliphatic rings. The summed E-state index contributed by atoms with van der Waals surface area (Å²) in [5, 5.41) is 14.4. The smallest absolute Gasteiger partial charge is 0.356 e. The van der Waals surface area contributed by atoms with Gasteiger partial charge in [-0.2, -0.15) is 5.10 Å². The van der Waals surface area contributed by atoms with Crippen molar-refractivity contribution in [3.63, 3.8) is 0 Å². The molecule has 0 saturated heterocycles. The molecule has 2 heterocycles. The van der Waals surface area contributed by atoms with E-state index < -0.39 is 5.97 Å². The lowest BCUT2D eigenvalue weighted by Crippen LogP contribution is -2.00. The molecule has 0 radical (unpaired) electrons. The van der Waals surface area contributed by atoms with E-state index in [4.69, 9.17) is 5.11 Å². The van der Waals surface area contributed by atoms with Crippen molar-refractivity contribution in [2.45, 2.75) is 25.7 Å². The van der Waals surface area contributed by atoms with Gasteiger partial charge in [0.15, 0.2) is 5.69 Å². The van der Waals surface area contributed by atoms with E-state index in [1.54, 1.807) is 17.8 Å². The zero-order valence-corrected chi connectivity index (χ0v) is 12.4. The molecule has 112 valence electrons. The van der Waals surface area contributed by atoms with Crippen LogP contribution in [0.3, 0.4) is 0 Å². The fraction of sp³-hybridized carbons (Fsp3) is 0.294. The van der Waals surface area contributed by atoms with Crippen LogP contribution in [0.4, 0.5) is 0 Å². The van der Waals surface area contributed by atoms with Gasteiger partial charge in [0.05, 0.1) is 5.69 Å². The number of H-pyrrole nitrogens is 1. The fourth-order valence-corrected chi connectivity index (χ4v) is 3.41. The molecule has 3 aromatic rings. The number of nitrogens with zero attached hydrogens (tertiary/aromatic N) is 2. The summed E-state index contributed by atoms with van der Waals surface area (Å²) in [7, 11) is 1.78. The summed E-state index contributed by atoms with van der Waals surface area (Å²) < 4.78 is 1.63. The Kier molecular flexibility index (Phi) is 2.82. The molecule has 2 aromatic heterocycles. The summed E-state index contributed by atoms with van der Waals surface area (Å²) in [6, 6.07) is 7.88. The third-order valence-corrected chi connectivity index (χ3v) is 4.49. The molecular weight excluding hydrogens is 278 g/mol. The number of aromatic nitrogens is 3. The summed E-state index contributed by atoms with van der Waals surface area (Å²) in [5.74, 6) is -0.998. The van der Waals surface area contributed by atoms with Crippen molar-refractivity contribution in [2.24, 2.45) is 7.05 Å². The molecule has 0 saturated carbocycles. The second-order valence-corrected chi connectivity index (χ2v) is 5.89. The number of aryl methyl sites for hydroxylation is 3. The highest BCUT2D eigenvalue weighted by Crippen LogP contribution is 2.32. The monoisotopic (exact) mass is 295 g/mol. The van der Waals surface area contributed by atoms with E-state index in [9.17, 15) is 4.79 Å². The van der Waals surface area contributed by atoms with Crippen LogP contribution in [0.15, 0.2) is 24.3 Å². The van der Waals surface area contributed by atoms with E-state index in [2.05, 4.69) is 22.2 Å². The van der Waals surface area contributed by atoms with Crippen LogP contribution in [0.5, 0.6) is 0 Å². The predicted octanol–water partition coefficient (Wildman–Crippen LogP) is 3.15. The van der Waals surface area contributed by atoms with Gasteiger partial charge in [-0.25, -0.2) is 4.79 Å². The number of carboxylic acids is 1. The zero-order chi connectivity index (χ0) is 15.3.